The molecule has 0 saturated carbocycles. The number of aryl methyl sites for hydroxylation is 1. The van der Waals surface area contributed by atoms with Crippen LogP contribution >= 0.6 is 0 Å². The van der Waals surface area contributed by atoms with Crippen LogP contribution in [0.4, 0.5) is 0 Å². The monoisotopic (exact) mass is 151 g/mol. The van der Waals surface area contributed by atoms with Crippen molar-refractivity contribution in [3.8, 4) is 0 Å². The Morgan fingerprint density at radius 2 is 2.45 bits per heavy atom. The smallest absolute Gasteiger partial charge is 0.206 e. The van der Waals surface area contributed by atoms with Gasteiger partial charge in [-0.2, -0.15) is 0 Å². The van der Waals surface area contributed by atoms with Crippen molar-refractivity contribution in [2.24, 2.45) is 0 Å². The standard InChI is InChI=1S/C8H9NO2/c1-6-3-2-4-9-8(6)7(11)5-10/h2-4,10H,5H2,1H3. The summed E-state index contributed by atoms with van der Waals surface area (Å²) in [5.74, 6) is -0.330. The number of nitrogens with zero attached hydrogens (tertiary/aromatic N) is 1. The molecule has 0 fully saturated rings. The van der Waals surface area contributed by atoms with Crippen molar-refractivity contribution in [2.75, 3.05) is 6.61 Å². The number of hydrogen-bond donors (Lipinski definition) is 1. The van der Waals surface area contributed by atoms with Crippen molar-refractivity contribution in [1.82, 2.24) is 4.98 Å². The molecule has 0 amide bonds. The Bertz CT molecular complexity index is 271. The normalized spacial score (nSPS) is 9.64. The second kappa shape index (κ2) is 3.25. The van der Waals surface area contributed by atoms with Crippen LogP contribution in [0.3, 0.4) is 0 Å². The van der Waals surface area contributed by atoms with Gasteiger partial charge in [-0.3, -0.25) is 9.78 Å². The summed E-state index contributed by atoms with van der Waals surface area (Å²) in [6, 6.07) is 3.54. The molecule has 0 aliphatic heterocycles. The van der Waals surface area contributed by atoms with Gasteiger partial charge in [0.2, 0.25) is 5.78 Å². The Morgan fingerprint density at radius 3 is 3.00 bits per heavy atom. The number of aromatic nitrogens is 1. The topological polar surface area (TPSA) is 50.2 Å². The molecule has 0 atom stereocenters. The molecule has 0 bridgehead atoms. The Balaban J connectivity index is 3.03. The van der Waals surface area contributed by atoms with Crippen LogP contribution in [0.2, 0.25) is 0 Å². The third-order valence-corrected chi connectivity index (χ3v) is 1.42. The van der Waals surface area contributed by atoms with Gasteiger partial charge >= 0.3 is 0 Å². The van der Waals surface area contributed by atoms with Gasteiger partial charge in [0, 0.05) is 6.20 Å². The maximum Gasteiger partial charge on any atom is 0.206 e. The van der Waals surface area contributed by atoms with Crippen LogP contribution in [0.15, 0.2) is 18.3 Å². The first-order valence-corrected chi connectivity index (χ1v) is 3.31. The fraction of sp³-hybridized carbons (Fsp3) is 0.250. The van der Waals surface area contributed by atoms with Gasteiger partial charge in [-0.25, -0.2) is 0 Å². The molecule has 1 aromatic heterocycles. The summed E-state index contributed by atoms with van der Waals surface area (Å²) in [4.78, 5) is 14.8. The van der Waals surface area contributed by atoms with E-state index in [1.54, 1.807) is 19.1 Å². The van der Waals surface area contributed by atoms with Crippen LogP contribution in [0.25, 0.3) is 0 Å². The van der Waals surface area contributed by atoms with E-state index >= 15 is 0 Å². The lowest BCUT2D eigenvalue weighted by molar-refractivity contribution is 0.0898. The molecule has 1 heterocycles. The van der Waals surface area contributed by atoms with E-state index in [1.807, 2.05) is 0 Å². The number of aliphatic hydroxyl groups excluding tert-OH is 1. The molecule has 0 aliphatic carbocycles. The highest BCUT2D eigenvalue weighted by Gasteiger charge is 2.06. The fourth-order valence-electron chi connectivity index (χ4n) is 0.852. The first-order valence-electron chi connectivity index (χ1n) is 3.31. The quantitative estimate of drug-likeness (QED) is 0.628. The van der Waals surface area contributed by atoms with E-state index in [2.05, 4.69) is 4.98 Å². The number of carbonyl (C=O) groups is 1. The molecular weight excluding hydrogens is 142 g/mol. The number of pyridine rings is 1. The zero-order valence-corrected chi connectivity index (χ0v) is 6.24. The molecule has 3 heteroatoms. The largest absolute Gasteiger partial charge is 0.388 e. The molecule has 3 nitrogen and oxygen atoms in total. The fourth-order valence-corrected chi connectivity index (χ4v) is 0.852. The summed E-state index contributed by atoms with van der Waals surface area (Å²) in [6.07, 6.45) is 1.54. The number of rotatable bonds is 2. The van der Waals surface area contributed by atoms with Crippen molar-refractivity contribution in [1.29, 1.82) is 0 Å². The van der Waals surface area contributed by atoms with Crippen LogP contribution < -0.4 is 0 Å². The summed E-state index contributed by atoms with van der Waals surface area (Å²) in [5.41, 5.74) is 1.15. The molecule has 11 heavy (non-hydrogen) atoms. The minimum Gasteiger partial charge on any atom is -0.388 e. The van der Waals surface area contributed by atoms with Crippen molar-refractivity contribution in [3.05, 3.63) is 29.6 Å². The Morgan fingerprint density at radius 1 is 1.73 bits per heavy atom. The predicted molar refractivity (Wildman–Crippen MR) is 40.4 cm³/mol. The molecule has 1 N–H and O–H groups in total. The van der Waals surface area contributed by atoms with E-state index < -0.39 is 6.61 Å². The summed E-state index contributed by atoms with van der Waals surface area (Å²) in [7, 11) is 0. The van der Waals surface area contributed by atoms with Crippen molar-refractivity contribution >= 4 is 5.78 Å². The number of hydrogen-bond acceptors (Lipinski definition) is 3. The van der Waals surface area contributed by atoms with Crippen LogP contribution in [0, 0.1) is 6.92 Å². The van der Waals surface area contributed by atoms with Gasteiger partial charge in [0.15, 0.2) is 0 Å². The van der Waals surface area contributed by atoms with Crippen molar-refractivity contribution in [3.63, 3.8) is 0 Å². The van der Waals surface area contributed by atoms with Crippen molar-refractivity contribution < 1.29 is 9.90 Å². The number of ketones is 1. The summed E-state index contributed by atoms with van der Waals surface area (Å²) < 4.78 is 0. The number of carbonyl (C=O) groups excluding carboxylic acids is 1. The summed E-state index contributed by atoms with van der Waals surface area (Å²) >= 11 is 0. The van der Waals surface area contributed by atoms with Gasteiger partial charge in [0.05, 0.1) is 0 Å². The van der Waals surface area contributed by atoms with Crippen LogP contribution in [-0.4, -0.2) is 22.5 Å². The average molecular weight is 151 g/mol. The maximum absolute atomic E-state index is 10.9. The minimum absolute atomic E-state index is 0.330. The summed E-state index contributed by atoms with van der Waals surface area (Å²) in [6.45, 7) is 1.31. The minimum atomic E-state index is -0.474. The molecule has 0 aliphatic rings. The second-order valence-corrected chi connectivity index (χ2v) is 2.25. The third-order valence-electron chi connectivity index (χ3n) is 1.42. The molecule has 0 unspecified atom stereocenters. The van der Waals surface area contributed by atoms with E-state index in [1.165, 1.54) is 6.20 Å². The zero-order chi connectivity index (χ0) is 8.27. The molecule has 58 valence electrons. The summed E-state index contributed by atoms with van der Waals surface area (Å²) in [5, 5.41) is 8.52. The predicted octanol–water partition coefficient (Wildman–Crippen LogP) is 0.565. The zero-order valence-electron chi connectivity index (χ0n) is 6.24. The molecule has 1 aromatic rings. The van der Waals surface area contributed by atoms with Gasteiger partial charge in [0.1, 0.15) is 12.3 Å². The Hall–Kier alpha value is -1.22. The van der Waals surface area contributed by atoms with Gasteiger partial charge < -0.3 is 5.11 Å². The second-order valence-electron chi connectivity index (χ2n) is 2.25. The molecule has 1 rings (SSSR count). The van der Waals surface area contributed by atoms with E-state index in [0.717, 1.165) is 5.56 Å². The molecule has 0 saturated heterocycles. The maximum atomic E-state index is 10.9. The van der Waals surface area contributed by atoms with Gasteiger partial charge in [-0.05, 0) is 18.6 Å². The highest BCUT2D eigenvalue weighted by molar-refractivity contribution is 5.96. The molecule has 0 radical (unpaired) electrons. The first kappa shape index (κ1) is 7.88. The average Bonchev–Trinajstić information content (AvgIpc) is 2.04. The SMILES string of the molecule is Cc1cccnc1C(=O)CO. The van der Waals surface area contributed by atoms with Gasteiger partial charge in [-0.1, -0.05) is 6.07 Å². The van der Waals surface area contributed by atoms with Crippen LogP contribution in [0.1, 0.15) is 16.1 Å². The lowest BCUT2D eigenvalue weighted by Gasteiger charge is -1.98. The Kier molecular flexibility index (Phi) is 2.33. The first-order chi connectivity index (χ1) is 5.25. The third kappa shape index (κ3) is 1.62. The highest BCUT2D eigenvalue weighted by Crippen LogP contribution is 2.02. The van der Waals surface area contributed by atoms with Crippen molar-refractivity contribution in [2.45, 2.75) is 6.92 Å². The van der Waals surface area contributed by atoms with Gasteiger partial charge in [-0.15, -0.1) is 0 Å². The van der Waals surface area contributed by atoms with Crippen LogP contribution in [0.5, 0.6) is 0 Å². The lowest BCUT2D eigenvalue weighted by atomic mass is 10.1. The highest BCUT2D eigenvalue weighted by atomic mass is 16.3. The lowest BCUT2D eigenvalue weighted by Crippen LogP contribution is -2.08. The van der Waals surface area contributed by atoms with Gasteiger partial charge in [0.25, 0.3) is 0 Å². The van der Waals surface area contributed by atoms with E-state index in [9.17, 15) is 4.79 Å². The van der Waals surface area contributed by atoms with E-state index in [-0.39, 0.29) is 5.78 Å². The van der Waals surface area contributed by atoms with E-state index in [4.69, 9.17) is 5.11 Å². The molecular formula is C8H9NO2. The Labute approximate surface area is 64.7 Å². The van der Waals surface area contributed by atoms with E-state index in [0.29, 0.717) is 5.69 Å². The van der Waals surface area contributed by atoms with Crippen LogP contribution in [-0.2, 0) is 0 Å². The number of aliphatic hydroxyl groups is 1. The molecule has 0 aromatic carbocycles. The number of Topliss-reactive ketones (excluding diaryl/α,β-unsaturated/α-hetero) is 1. The molecule has 0 spiro atoms.